The molecule has 0 aliphatic carbocycles. The molecule has 1 radical (unpaired) electrons. The van der Waals surface area contributed by atoms with Crippen molar-refractivity contribution in [3.63, 3.8) is 0 Å². The van der Waals surface area contributed by atoms with Gasteiger partial charge in [0.25, 0.3) is 0 Å². The molecule has 0 aliphatic heterocycles. The minimum absolute atomic E-state index is 0. The Morgan fingerprint density at radius 2 is 1.25 bits per heavy atom. The number of hydrogen-bond donors (Lipinski definition) is 2. The van der Waals surface area contributed by atoms with Gasteiger partial charge in [-0.15, -0.1) is 0 Å². The molecule has 0 saturated heterocycles. The van der Waals surface area contributed by atoms with E-state index in [1.807, 2.05) is 0 Å². The van der Waals surface area contributed by atoms with E-state index < -0.39 is 0 Å². The van der Waals surface area contributed by atoms with Crippen LogP contribution in [0.25, 0.3) is 0 Å². The Hall–Kier alpha value is 0.380. The molecule has 0 aromatic carbocycles. The molecule has 0 saturated carbocycles. The topological polar surface area (TPSA) is 47.7 Å². The Balaban J connectivity index is 0. The van der Waals surface area contributed by atoms with Crippen LogP contribution in [0.4, 0.5) is 0 Å². The molecule has 0 spiro atoms. The van der Waals surface area contributed by atoms with Gasteiger partial charge in [-0.05, 0) is 0 Å². The van der Waals surface area contributed by atoms with Crippen LogP contribution in [0.2, 0.25) is 0 Å². The molecule has 0 aromatic heterocycles. The summed E-state index contributed by atoms with van der Waals surface area (Å²) >= 11 is 0. The summed E-state index contributed by atoms with van der Waals surface area (Å²) in [5, 5.41) is 11.2. The summed E-state index contributed by atoms with van der Waals surface area (Å²) in [7, 11) is 0. The van der Waals surface area contributed by atoms with E-state index in [1.54, 1.807) is 0 Å². The quantitative estimate of drug-likeness (QED) is 0.293. The normalized spacial score (nSPS) is 2.00. The van der Waals surface area contributed by atoms with Crippen LogP contribution in [0.3, 0.4) is 0 Å². The first-order chi connectivity index (χ1) is 1.41. The van der Waals surface area contributed by atoms with Crippen molar-refractivity contribution in [2.24, 2.45) is 0 Å². The van der Waals surface area contributed by atoms with Crippen LogP contribution in [0.5, 0.6) is 0 Å². The van der Waals surface area contributed by atoms with Gasteiger partial charge in [0, 0.05) is 29.6 Å². The van der Waals surface area contributed by atoms with E-state index in [9.17, 15) is 0 Å². The molecular weight excluding hydrogens is 63.0 g/mol. The van der Waals surface area contributed by atoms with Crippen LogP contribution in [0.1, 0.15) is 0 Å². The van der Waals surface area contributed by atoms with Crippen LogP contribution in [-0.4, -0.2) is 35.6 Å². The van der Waals surface area contributed by atoms with Gasteiger partial charge in [-0.3, -0.25) is 0 Å². The van der Waals surface area contributed by atoms with E-state index in [4.69, 9.17) is 10.8 Å². The van der Waals surface area contributed by atoms with E-state index in [2.05, 4.69) is 0 Å². The summed E-state index contributed by atoms with van der Waals surface area (Å²) in [4.78, 5) is 0. The zero-order valence-electron chi connectivity index (χ0n) is 2.50. The predicted octanol–water partition coefficient (Wildman–Crippen LogP) is -0.0630. The van der Waals surface area contributed by atoms with Crippen molar-refractivity contribution in [3.05, 3.63) is 0 Å². The maximum absolute atomic E-state index is 5.62. The summed E-state index contributed by atoms with van der Waals surface area (Å²) in [6.07, 6.45) is 0. The largest absolute Gasteiger partial charge is 0.242 e. The first-order valence-corrected chi connectivity index (χ1v) is 0.500. The molecule has 0 amide bonds. The van der Waals surface area contributed by atoms with Crippen molar-refractivity contribution in [3.8, 4) is 0 Å². The van der Waals surface area contributed by atoms with Crippen molar-refractivity contribution in [1.82, 2.24) is 0 Å². The van der Waals surface area contributed by atoms with Crippen molar-refractivity contribution < 1.29 is 0 Å². The van der Waals surface area contributed by atoms with Crippen molar-refractivity contribution >= 4 is 35.6 Å². The fraction of sp³-hybridized carbons (Fsp3) is 0. The number of hydrogen-bond acceptors (Lipinski definition) is 2. The van der Waals surface area contributed by atoms with Crippen LogP contribution >= 0.6 is 0 Å². The summed E-state index contributed by atoms with van der Waals surface area (Å²) in [6, 6.07) is 1.25. The van der Waals surface area contributed by atoms with Crippen molar-refractivity contribution in [1.29, 1.82) is 10.8 Å². The maximum atomic E-state index is 5.62. The van der Waals surface area contributed by atoms with Crippen LogP contribution < -0.4 is 0 Å². The Morgan fingerprint density at radius 1 is 1.25 bits per heavy atom. The van der Waals surface area contributed by atoms with Gasteiger partial charge in [0.15, 0.2) is 0 Å². The van der Waals surface area contributed by atoms with Gasteiger partial charge < -0.3 is 0 Å². The molecule has 0 aromatic rings. The second-order valence-corrected chi connectivity index (χ2v) is 0.125. The van der Waals surface area contributed by atoms with Crippen LogP contribution in [0.15, 0.2) is 0 Å². The standard InChI is InChI=1S/CH2N2.Na/c2-1-3;/h2-3H;. The van der Waals surface area contributed by atoms with Gasteiger partial charge in [0.2, 0.25) is 0 Å². The second kappa shape index (κ2) is 10.1. The molecule has 17 valence electrons. The van der Waals surface area contributed by atoms with E-state index in [1.165, 1.54) is 6.01 Å². The monoisotopic (exact) mass is 65.0 g/mol. The van der Waals surface area contributed by atoms with E-state index in [0.717, 1.165) is 0 Å². The molecule has 3 heteroatoms. The van der Waals surface area contributed by atoms with Crippen molar-refractivity contribution in [2.45, 2.75) is 0 Å². The Morgan fingerprint density at radius 3 is 1.25 bits per heavy atom. The zero-order chi connectivity index (χ0) is 2.71. The third-order valence-corrected chi connectivity index (χ3v) is 0. The first-order valence-electron chi connectivity index (χ1n) is 0.500. The second-order valence-electron chi connectivity index (χ2n) is 0.125. The summed E-state index contributed by atoms with van der Waals surface area (Å²) < 4.78 is 0. The molecule has 0 heterocycles. The van der Waals surface area contributed by atoms with Gasteiger partial charge in [-0.1, -0.05) is 0 Å². The molecule has 0 atom stereocenters. The van der Waals surface area contributed by atoms with Gasteiger partial charge in [-0.25, -0.2) is 10.8 Å². The fourth-order valence-electron chi connectivity index (χ4n) is 0. The molecule has 0 unspecified atom stereocenters. The number of rotatable bonds is 0. The molecule has 4 heavy (non-hydrogen) atoms. The summed E-state index contributed by atoms with van der Waals surface area (Å²) in [5.41, 5.74) is 0. The SMILES string of the molecule is N=C=N.[Na]. The fourth-order valence-corrected chi connectivity index (χ4v) is 0. The third-order valence-electron chi connectivity index (χ3n) is 0. The summed E-state index contributed by atoms with van der Waals surface area (Å²) in [6.45, 7) is 0. The van der Waals surface area contributed by atoms with E-state index in [0.29, 0.717) is 0 Å². The average Bonchev–Trinajstić information content (AvgIpc) is 0.918. The molecular formula is CH2N2Na. The van der Waals surface area contributed by atoms with Gasteiger partial charge >= 0.3 is 0 Å². The zero-order valence-corrected chi connectivity index (χ0v) is 4.50. The van der Waals surface area contributed by atoms with E-state index in [-0.39, 0.29) is 29.6 Å². The first kappa shape index (κ1) is 8.83. The van der Waals surface area contributed by atoms with Gasteiger partial charge in [-0.2, -0.15) is 0 Å². The smallest absolute Gasteiger partial charge is 0.0831 e. The molecule has 0 bridgehead atoms. The molecule has 0 rings (SSSR count). The molecule has 2 N–H and O–H groups in total. The molecule has 0 fully saturated rings. The van der Waals surface area contributed by atoms with Gasteiger partial charge in [0.05, 0.1) is 6.01 Å². The molecule has 2 nitrogen and oxygen atoms in total. The minimum Gasteiger partial charge on any atom is -0.242 e. The number of nitrogens with one attached hydrogen (secondary N) is 2. The summed E-state index contributed by atoms with van der Waals surface area (Å²) in [5.74, 6) is 0. The average molecular weight is 65.0 g/mol. The third kappa shape index (κ3) is 31.4. The minimum atomic E-state index is 0. The predicted molar refractivity (Wildman–Crippen MR) is 16.2 cm³/mol. The Labute approximate surface area is 46.5 Å². The Kier molecular flexibility index (Phi) is 22.2. The Bertz CT molecular complexity index is 27.0. The van der Waals surface area contributed by atoms with E-state index >= 15 is 0 Å². The van der Waals surface area contributed by atoms with Gasteiger partial charge in [0.1, 0.15) is 0 Å². The van der Waals surface area contributed by atoms with Crippen molar-refractivity contribution in [2.75, 3.05) is 0 Å². The van der Waals surface area contributed by atoms with Crippen LogP contribution in [0, 0.1) is 10.8 Å². The van der Waals surface area contributed by atoms with Crippen LogP contribution in [-0.2, 0) is 0 Å². The molecule has 0 aliphatic rings. The maximum Gasteiger partial charge on any atom is 0.0831 e.